The molecule has 0 rings (SSSR count). The molecule has 0 radical (unpaired) electrons. The van der Waals surface area contributed by atoms with Gasteiger partial charge in [0.1, 0.15) is 13.2 Å². The number of aliphatic hydroxyl groups is 1. The van der Waals surface area contributed by atoms with Crippen molar-refractivity contribution in [3.05, 3.63) is 24.3 Å². The fourth-order valence-electron chi connectivity index (χ4n) is 7.74. The smallest absolute Gasteiger partial charge is 0.387 e. The first-order chi connectivity index (χ1) is 29.5. The molecule has 362 valence electrons. The highest BCUT2D eigenvalue weighted by Gasteiger charge is 2.27. The van der Waals surface area contributed by atoms with Crippen molar-refractivity contribution in [2.45, 2.75) is 264 Å². The largest absolute Gasteiger partial charge is 0.472 e. The van der Waals surface area contributed by atoms with E-state index in [1.807, 2.05) is 27.2 Å². The number of phosphoric acid groups is 1. The van der Waals surface area contributed by atoms with Crippen molar-refractivity contribution in [3.63, 3.8) is 0 Å². The number of phosphoric ester groups is 1. The minimum atomic E-state index is -4.34. The maximum atomic E-state index is 12.9. The van der Waals surface area contributed by atoms with Gasteiger partial charge in [0.2, 0.25) is 5.91 Å². The highest BCUT2D eigenvalue weighted by atomic mass is 31.2. The molecule has 0 heterocycles. The third-order valence-electron chi connectivity index (χ3n) is 11.9. The van der Waals surface area contributed by atoms with E-state index in [9.17, 15) is 19.4 Å². The van der Waals surface area contributed by atoms with E-state index in [2.05, 4.69) is 31.3 Å². The van der Waals surface area contributed by atoms with E-state index in [1.54, 1.807) is 6.08 Å². The van der Waals surface area contributed by atoms with Gasteiger partial charge in [-0.05, 0) is 44.9 Å². The van der Waals surface area contributed by atoms with Crippen LogP contribution in [-0.2, 0) is 18.4 Å². The van der Waals surface area contributed by atoms with Gasteiger partial charge in [-0.15, -0.1) is 0 Å². The molecule has 61 heavy (non-hydrogen) atoms. The third-order valence-corrected chi connectivity index (χ3v) is 12.9. The van der Waals surface area contributed by atoms with Crippen molar-refractivity contribution in [2.24, 2.45) is 0 Å². The topological polar surface area (TPSA) is 105 Å². The van der Waals surface area contributed by atoms with E-state index in [-0.39, 0.29) is 19.1 Å². The fraction of sp³-hybridized carbons (Fsp3) is 0.904. The molecule has 9 heteroatoms. The Morgan fingerprint density at radius 3 is 1.26 bits per heavy atom. The Hall–Kier alpha value is -1.02. The lowest BCUT2D eigenvalue weighted by atomic mass is 10.0. The monoisotopic (exact) mass is 884 g/mol. The molecular formula is C52H104N2O6P+. The molecule has 3 unspecified atom stereocenters. The van der Waals surface area contributed by atoms with Gasteiger partial charge in [0.15, 0.2) is 0 Å². The average Bonchev–Trinajstić information content (AvgIpc) is 3.21. The quantitative estimate of drug-likeness (QED) is 0.0243. The van der Waals surface area contributed by atoms with Crippen molar-refractivity contribution in [1.29, 1.82) is 0 Å². The summed E-state index contributed by atoms with van der Waals surface area (Å²) in [6.45, 7) is 4.84. The molecular weight excluding hydrogens is 780 g/mol. The first-order valence-electron chi connectivity index (χ1n) is 26.2. The molecule has 8 nitrogen and oxygen atoms in total. The molecule has 0 aliphatic carbocycles. The van der Waals surface area contributed by atoms with Gasteiger partial charge in [-0.3, -0.25) is 13.8 Å². The minimum absolute atomic E-state index is 0.0621. The van der Waals surface area contributed by atoms with Crippen molar-refractivity contribution in [1.82, 2.24) is 5.32 Å². The van der Waals surface area contributed by atoms with Crippen LogP contribution in [0, 0.1) is 0 Å². The number of amides is 1. The Morgan fingerprint density at radius 1 is 0.541 bits per heavy atom. The molecule has 0 saturated heterocycles. The first-order valence-corrected chi connectivity index (χ1v) is 27.7. The predicted molar refractivity (Wildman–Crippen MR) is 263 cm³/mol. The van der Waals surface area contributed by atoms with Gasteiger partial charge in [-0.2, -0.15) is 0 Å². The van der Waals surface area contributed by atoms with Gasteiger partial charge in [0.05, 0.1) is 39.9 Å². The number of carbonyl (C=O) groups is 1. The zero-order valence-electron chi connectivity index (χ0n) is 41.2. The van der Waals surface area contributed by atoms with Gasteiger partial charge in [-0.25, -0.2) is 4.57 Å². The molecule has 0 aromatic rings. The van der Waals surface area contributed by atoms with E-state index < -0.39 is 20.0 Å². The van der Waals surface area contributed by atoms with Gasteiger partial charge in [-0.1, -0.05) is 224 Å². The van der Waals surface area contributed by atoms with Crippen LogP contribution in [0.15, 0.2) is 24.3 Å². The Morgan fingerprint density at radius 2 is 0.885 bits per heavy atom. The Kier molecular flexibility index (Phi) is 43.5. The number of unbranched alkanes of at least 4 members (excludes halogenated alkanes) is 33. The second kappa shape index (κ2) is 44.2. The zero-order chi connectivity index (χ0) is 45.0. The van der Waals surface area contributed by atoms with Crippen LogP contribution in [0.4, 0.5) is 0 Å². The second-order valence-corrected chi connectivity index (χ2v) is 20.7. The lowest BCUT2D eigenvalue weighted by Crippen LogP contribution is -2.45. The van der Waals surface area contributed by atoms with Crippen molar-refractivity contribution < 1.29 is 32.9 Å². The van der Waals surface area contributed by atoms with Crippen LogP contribution in [0.1, 0.15) is 251 Å². The summed E-state index contributed by atoms with van der Waals surface area (Å²) in [5.74, 6) is -0.179. The standard InChI is InChI=1S/C52H103N2O6P/c1-6-8-10-12-14-16-18-20-22-24-25-26-27-28-30-32-34-36-38-40-42-44-46-52(56)53-50(49-60-61(57,58)59-48-47-54(3,4)5)51(55)45-43-41-39-37-35-33-31-29-23-21-19-17-15-13-11-9-7-2/h27-28,43,45,50-51,55H,6-26,29-42,44,46-49H2,1-5H3,(H-,53,56,57,58)/p+1/b28-27-,45-43+. The number of nitrogens with zero attached hydrogens (tertiary/aromatic N) is 1. The summed E-state index contributed by atoms with van der Waals surface area (Å²) < 4.78 is 23.6. The van der Waals surface area contributed by atoms with E-state index in [4.69, 9.17) is 9.05 Å². The molecule has 0 spiro atoms. The average molecular weight is 884 g/mol. The van der Waals surface area contributed by atoms with Gasteiger partial charge < -0.3 is 19.8 Å². The number of allylic oxidation sites excluding steroid dienone is 3. The first kappa shape index (κ1) is 60.0. The summed E-state index contributed by atoms with van der Waals surface area (Å²) >= 11 is 0. The number of nitrogens with one attached hydrogen (secondary N) is 1. The Balaban J connectivity index is 4.28. The minimum Gasteiger partial charge on any atom is -0.387 e. The third kappa shape index (κ3) is 46.8. The van der Waals surface area contributed by atoms with Gasteiger partial charge in [0, 0.05) is 6.42 Å². The summed E-state index contributed by atoms with van der Waals surface area (Å²) in [6, 6.07) is -0.846. The summed E-state index contributed by atoms with van der Waals surface area (Å²) in [5.41, 5.74) is 0. The summed E-state index contributed by atoms with van der Waals surface area (Å²) in [5, 5.41) is 13.9. The molecule has 0 aliphatic heterocycles. The van der Waals surface area contributed by atoms with Crippen LogP contribution < -0.4 is 5.32 Å². The lowest BCUT2D eigenvalue weighted by molar-refractivity contribution is -0.870. The number of rotatable bonds is 48. The molecule has 0 aromatic heterocycles. The van der Waals surface area contributed by atoms with Crippen molar-refractivity contribution in [2.75, 3.05) is 40.9 Å². The van der Waals surface area contributed by atoms with E-state index >= 15 is 0 Å². The Labute approximate surface area is 379 Å². The molecule has 0 fully saturated rings. The van der Waals surface area contributed by atoms with Crippen molar-refractivity contribution in [3.8, 4) is 0 Å². The van der Waals surface area contributed by atoms with E-state index in [0.29, 0.717) is 17.4 Å². The number of quaternary nitrogens is 1. The van der Waals surface area contributed by atoms with Crippen LogP contribution in [0.3, 0.4) is 0 Å². The maximum Gasteiger partial charge on any atom is 0.472 e. The number of carbonyl (C=O) groups excluding carboxylic acids is 1. The predicted octanol–water partition coefficient (Wildman–Crippen LogP) is 15.3. The van der Waals surface area contributed by atoms with E-state index in [0.717, 1.165) is 38.5 Å². The van der Waals surface area contributed by atoms with Gasteiger partial charge in [0.25, 0.3) is 0 Å². The summed E-state index contributed by atoms with van der Waals surface area (Å²) in [6.07, 6.45) is 54.0. The lowest BCUT2D eigenvalue weighted by Gasteiger charge is -2.25. The van der Waals surface area contributed by atoms with Crippen LogP contribution in [0.2, 0.25) is 0 Å². The zero-order valence-corrected chi connectivity index (χ0v) is 42.1. The molecule has 0 aliphatic rings. The molecule has 0 aromatic carbocycles. The summed E-state index contributed by atoms with van der Waals surface area (Å²) in [4.78, 5) is 23.2. The fourth-order valence-corrected chi connectivity index (χ4v) is 8.48. The SMILES string of the molecule is CCCCCCCCCCCCC/C=C\CCCCCCCCCC(=O)NC(COP(=O)(O)OCC[N+](C)(C)C)C(O)/C=C/CCCCCCCCCCCCCCCCC. The highest BCUT2D eigenvalue weighted by molar-refractivity contribution is 7.47. The van der Waals surface area contributed by atoms with Gasteiger partial charge >= 0.3 is 7.82 Å². The van der Waals surface area contributed by atoms with Crippen LogP contribution in [0.5, 0.6) is 0 Å². The molecule has 0 bridgehead atoms. The highest BCUT2D eigenvalue weighted by Crippen LogP contribution is 2.43. The van der Waals surface area contributed by atoms with E-state index in [1.165, 1.54) is 193 Å². The summed E-state index contributed by atoms with van der Waals surface area (Å²) in [7, 11) is 1.58. The number of aliphatic hydroxyl groups excluding tert-OH is 1. The molecule has 0 saturated carbocycles. The van der Waals surface area contributed by atoms with Crippen molar-refractivity contribution >= 4 is 13.7 Å². The maximum absolute atomic E-state index is 12.9. The normalized spacial score (nSPS) is 14.3. The molecule has 3 atom stereocenters. The molecule has 1 amide bonds. The second-order valence-electron chi connectivity index (χ2n) is 19.3. The number of hydrogen-bond donors (Lipinski definition) is 3. The number of hydrogen-bond acceptors (Lipinski definition) is 5. The van der Waals surface area contributed by atoms with Crippen LogP contribution >= 0.6 is 7.82 Å². The number of likely N-dealkylation sites (N-methyl/N-ethyl adjacent to an activating group) is 1. The molecule has 3 N–H and O–H groups in total. The Bertz CT molecular complexity index is 1050. The van der Waals surface area contributed by atoms with Crippen LogP contribution in [-0.4, -0.2) is 73.4 Å². The van der Waals surface area contributed by atoms with Crippen LogP contribution in [0.25, 0.3) is 0 Å².